The number of carbonyl (C=O) groups is 2. The number of carbonyl (C=O) groups excluding carboxylic acids is 1. The molecule has 158 valence electrons. The van der Waals surface area contributed by atoms with E-state index in [9.17, 15) is 28.9 Å². The molecule has 1 unspecified atom stereocenters. The summed E-state index contributed by atoms with van der Waals surface area (Å²) in [5.74, 6) is -0.0425. The summed E-state index contributed by atoms with van der Waals surface area (Å²) in [5.41, 5.74) is 0.721. The molecule has 2 N–H and O–H groups in total. The molecule has 4 atom stereocenters. The first-order valence-corrected chi connectivity index (χ1v) is 10.3. The van der Waals surface area contributed by atoms with Crippen LogP contribution >= 0.6 is 0 Å². The molecular formula is C19H24FN3O5S. The molecule has 1 aromatic rings. The summed E-state index contributed by atoms with van der Waals surface area (Å²) in [6.07, 6.45) is -2.96. The average molecular weight is 425 g/mol. The quantitative estimate of drug-likeness (QED) is 0.642. The first kappa shape index (κ1) is 22.8. The van der Waals surface area contributed by atoms with Crippen molar-refractivity contribution in [1.29, 1.82) is 5.26 Å². The summed E-state index contributed by atoms with van der Waals surface area (Å²) >= 11 is -1.67. The van der Waals surface area contributed by atoms with Crippen LogP contribution in [-0.2, 0) is 21.7 Å². The van der Waals surface area contributed by atoms with Crippen LogP contribution in [-0.4, -0.2) is 63.2 Å². The van der Waals surface area contributed by atoms with Gasteiger partial charge in [0.25, 0.3) is 5.91 Å². The molecular weight excluding hydrogens is 401 g/mol. The maximum atomic E-state index is 13.7. The topological polar surface area (TPSA) is 126 Å². The summed E-state index contributed by atoms with van der Waals surface area (Å²) in [4.78, 5) is 25.3. The van der Waals surface area contributed by atoms with Crippen LogP contribution in [0.2, 0.25) is 0 Å². The molecule has 2 amide bonds. The fourth-order valence-corrected chi connectivity index (χ4v) is 4.45. The molecule has 1 saturated heterocycles. The number of alkyl halides is 1. The van der Waals surface area contributed by atoms with Crippen LogP contribution in [0.25, 0.3) is 0 Å². The highest BCUT2D eigenvalue weighted by Crippen LogP contribution is 2.30. The second kappa shape index (κ2) is 9.33. The summed E-state index contributed by atoms with van der Waals surface area (Å²) < 4.78 is 30.6. The molecule has 10 heteroatoms. The van der Waals surface area contributed by atoms with Gasteiger partial charge in [-0.3, -0.25) is 4.79 Å². The van der Waals surface area contributed by atoms with E-state index in [4.69, 9.17) is 4.74 Å². The molecule has 1 aromatic carbocycles. The van der Waals surface area contributed by atoms with Crippen LogP contribution in [0.4, 0.5) is 9.18 Å². The Labute approximate surface area is 171 Å². The van der Waals surface area contributed by atoms with Crippen LogP contribution in [0.15, 0.2) is 24.3 Å². The van der Waals surface area contributed by atoms with Crippen LogP contribution < -0.4 is 10.1 Å². The van der Waals surface area contributed by atoms with Gasteiger partial charge in [0.15, 0.2) is 6.04 Å². The van der Waals surface area contributed by atoms with Crippen molar-refractivity contribution >= 4 is 23.2 Å². The van der Waals surface area contributed by atoms with Crippen LogP contribution in [0.3, 0.4) is 0 Å². The van der Waals surface area contributed by atoms with Crippen molar-refractivity contribution in [1.82, 2.24) is 10.2 Å². The van der Waals surface area contributed by atoms with E-state index in [1.54, 1.807) is 24.3 Å². The molecule has 0 radical (unpaired) electrons. The second-order valence-electron chi connectivity index (χ2n) is 7.29. The number of ether oxygens (including phenoxy) is 1. The normalized spacial score (nSPS) is 21.2. The Morgan fingerprint density at radius 3 is 2.62 bits per heavy atom. The minimum absolute atomic E-state index is 0.0789. The molecule has 1 aliphatic heterocycles. The number of hydrogen-bond acceptors (Lipinski definition) is 5. The molecule has 0 bridgehead atoms. The van der Waals surface area contributed by atoms with E-state index in [0.717, 1.165) is 10.5 Å². The lowest BCUT2D eigenvalue weighted by Gasteiger charge is -2.37. The number of methoxy groups -OCH3 is 1. The molecule has 0 aromatic heterocycles. The largest absolute Gasteiger partial charge is 0.616 e. The lowest BCUT2D eigenvalue weighted by atomic mass is 10.0. The van der Waals surface area contributed by atoms with E-state index in [2.05, 4.69) is 5.32 Å². The molecule has 1 fully saturated rings. The van der Waals surface area contributed by atoms with Gasteiger partial charge < -0.3 is 24.6 Å². The Balaban J connectivity index is 2.24. The number of halogens is 1. The Bertz CT molecular complexity index is 783. The highest BCUT2D eigenvalue weighted by atomic mass is 32.2. The molecule has 0 spiro atoms. The maximum absolute atomic E-state index is 13.7. The minimum Gasteiger partial charge on any atom is -0.616 e. The van der Waals surface area contributed by atoms with Crippen LogP contribution in [0, 0.1) is 11.3 Å². The number of rotatable bonds is 7. The Kier molecular flexibility index (Phi) is 7.32. The Morgan fingerprint density at radius 2 is 2.10 bits per heavy atom. The van der Waals surface area contributed by atoms with E-state index in [0.29, 0.717) is 5.75 Å². The third-order valence-electron chi connectivity index (χ3n) is 4.94. The number of nitrogens with one attached hydrogen (secondary N) is 1. The molecule has 0 saturated carbocycles. The first-order valence-electron chi connectivity index (χ1n) is 8.95. The van der Waals surface area contributed by atoms with Crippen molar-refractivity contribution in [2.24, 2.45) is 0 Å². The number of likely N-dealkylation sites (tertiary alicyclic amines) is 1. The number of carboxylic acid groups (broad SMARTS) is 1. The van der Waals surface area contributed by atoms with Crippen molar-refractivity contribution in [3.8, 4) is 11.8 Å². The van der Waals surface area contributed by atoms with Gasteiger partial charge >= 0.3 is 6.09 Å². The van der Waals surface area contributed by atoms with Crippen LogP contribution in [0.1, 0.15) is 25.8 Å². The van der Waals surface area contributed by atoms with Crippen molar-refractivity contribution in [3.63, 3.8) is 0 Å². The van der Waals surface area contributed by atoms with E-state index in [-0.39, 0.29) is 18.7 Å². The van der Waals surface area contributed by atoms with Crippen molar-refractivity contribution in [2.75, 3.05) is 13.7 Å². The monoisotopic (exact) mass is 425 g/mol. The summed E-state index contributed by atoms with van der Waals surface area (Å²) in [6.45, 7) is 2.72. The maximum Gasteiger partial charge on any atom is 0.405 e. The Hall–Kier alpha value is -2.51. The third kappa shape index (κ3) is 5.31. The minimum atomic E-state index is -1.67. The predicted molar refractivity (Wildman–Crippen MR) is 104 cm³/mol. The van der Waals surface area contributed by atoms with Gasteiger partial charge in [0.1, 0.15) is 28.5 Å². The molecule has 29 heavy (non-hydrogen) atoms. The summed E-state index contributed by atoms with van der Waals surface area (Å²) in [6, 6.07) is 6.36. The highest BCUT2D eigenvalue weighted by molar-refractivity contribution is 7.92. The van der Waals surface area contributed by atoms with Crippen molar-refractivity contribution in [3.05, 3.63) is 29.8 Å². The molecule has 2 rings (SSSR count). The number of nitrogens with zero attached hydrogens (tertiary/aromatic N) is 2. The number of hydrogen-bond donors (Lipinski definition) is 2. The summed E-state index contributed by atoms with van der Waals surface area (Å²) in [7, 11) is 1.53. The van der Waals surface area contributed by atoms with Crippen LogP contribution in [0.5, 0.6) is 5.75 Å². The van der Waals surface area contributed by atoms with Gasteiger partial charge in [-0.2, -0.15) is 5.26 Å². The number of amides is 2. The van der Waals surface area contributed by atoms with Crippen molar-refractivity contribution < 1.29 is 28.4 Å². The van der Waals surface area contributed by atoms with Gasteiger partial charge in [-0.05, 0) is 37.2 Å². The molecule has 8 nitrogen and oxygen atoms in total. The smallest absolute Gasteiger partial charge is 0.405 e. The third-order valence-corrected chi connectivity index (χ3v) is 6.94. The second-order valence-corrected chi connectivity index (χ2v) is 9.32. The van der Waals surface area contributed by atoms with Gasteiger partial charge in [0.05, 0.1) is 19.7 Å². The van der Waals surface area contributed by atoms with Gasteiger partial charge in [-0.15, -0.1) is 0 Å². The molecule has 1 aliphatic rings. The van der Waals surface area contributed by atoms with Gasteiger partial charge in [0.2, 0.25) is 0 Å². The van der Waals surface area contributed by atoms with E-state index < -0.39 is 46.2 Å². The number of benzene rings is 1. The standard InChI is InChI=1S/C19H24FN3O5S/c1-19(2,29(27)11-12-4-6-15(28-3)7-5-12)16(22-18(25)26)17(24)23-10-13(20)8-14(23)9-21/h4-7,13-14,16,22H,8,10-11H2,1-3H3,(H,25,26)/t13-,14-,16+,29?/m0/s1. The lowest BCUT2D eigenvalue weighted by molar-refractivity contribution is -0.134. The zero-order valence-electron chi connectivity index (χ0n) is 16.4. The zero-order chi connectivity index (χ0) is 21.8. The highest BCUT2D eigenvalue weighted by Gasteiger charge is 2.50. The SMILES string of the molecule is COc1ccc(C[S+]([O-])C(C)(C)[C@H](NC(=O)O)C(=O)N2C[C@@H](F)C[C@H]2C#N)cc1. The van der Waals surface area contributed by atoms with E-state index >= 15 is 0 Å². The van der Waals surface area contributed by atoms with Gasteiger partial charge in [0, 0.05) is 12.0 Å². The number of nitriles is 1. The lowest BCUT2D eigenvalue weighted by Crippen LogP contribution is -2.61. The first-order chi connectivity index (χ1) is 13.6. The van der Waals surface area contributed by atoms with Gasteiger partial charge in [-0.1, -0.05) is 12.1 Å². The van der Waals surface area contributed by atoms with Crippen molar-refractivity contribution in [2.45, 2.75) is 49.0 Å². The fraction of sp³-hybridized carbons (Fsp3) is 0.526. The van der Waals surface area contributed by atoms with Gasteiger partial charge in [-0.25, -0.2) is 9.18 Å². The summed E-state index contributed by atoms with van der Waals surface area (Å²) in [5, 5.41) is 20.5. The average Bonchev–Trinajstić information content (AvgIpc) is 3.06. The predicted octanol–water partition coefficient (Wildman–Crippen LogP) is 1.82. The van der Waals surface area contributed by atoms with E-state index in [1.165, 1.54) is 21.0 Å². The Morgan fingerprint density at radius 1 is 1.48 bits per heavy atom. The fourth-order valence-electron chi connectivity index (χ4n) is 3.16. The zero-order valence-corrected chi connectivity index (χ0v) is 17.2. The molecule has 1 heterocycles. The van der Waals surface area contributed by atoms with E-state index in [1.807, 2.05) is 6.07 Å². The molecule has 0 aliphatic carbocycles.